The molecule has 1 aliphatic rings. The highest BCUT2D eigenvalue weighted by atomic mass is 19.4. The summed E-state index contributed by atoms with van der Waals surface area (Å²) in [5.74, 6) is -0.0171. The van der Waals surface area contributed by atoms with Crippen LogP contribution in [0.4, 0.5) is 24.8 Å². The second-order valence-corrected chi connectivity index (χ2v) is 5.50. The maximum Gasteiger partial charge on any atom is 0.433 e. The molecule has 0 spiro atoms. The normalized spacial score (nSPS) is 17.6. The highest BCUT2D eigenvalue weighted by molar-refractivity contribution is 5.51. The fourth-order valence-corrected chi connectivity index (χ4v) is 2.63. The van der Waals surface area contributed by atoms with Gasteiger partial charge in [-0.3, -0.25) is 0 Å². The Hall–Kier alpha value is -2.82. The molecule has 1 unspecified atom stereocenters. The van der Waals surface area contributed by atoms with Crippen molar-refractivity contribution < 1.29 is 13.2 Å². The van der Waals surface area contributed by atoms with Gasteiger partial charge >= 0.3 is 6.18 Å². The Balaban J connectivity index is 1.65. The molecule has 8 heteroatoms. The summed E-state index contributed by atoms with van der Waals surface area (Å²) < 4.78 is 38.0. The van der Waals surface area contributed by atoms with Crippen LogP contribution in [-0.2, 0) is 6.18 Å². The summed E-state index contributed by atoms with van der Waals surface area (Å²) in [5.41, 5.74) is 0.607. The fourth-order valence-electron chi connectivity index (χ4n) is 2.63. The van der Waals surface area contributed by atoms with Crippen LogP contribution in [0, 0.1) is 11.3 Å². The number of nitrogens with zero attached hydrogens (tertiary/aromatic N) is 4. The molecular formula is C16H14F3N5. The molecule has 0 radical (unpaired) electrons. The number of benzene rings is 1. The van der Waals surface area contributed by atoms with Crippen LogP contribution in [0.1, 0.15) is 17.7 Å². The van der Waals surface area contributed by atoms with Crippen molar-refractivity contribution >= 4 is 11.6 Å². The Morgan fingerprint density at radius 2 is 1.96 bits per heavy atom. The number of hydrogen-bond donors (Lipinski definition) is 1. The number of nitrogens with one attached hydrogen (secondary N) is 1. The van der Waals surface area contributed by atoms with Gasteiger partial charge in [-0.15, -0.1) is 0 Å². The molecule has 1 atom stereocenters. The summed E-state index contributed by atoms with van der Waals surface area (Å²) in [6.07, 6.45) is -2.62. The number of alkyl halides is 3. The van der Waals surface area contributed by atoms with Gasteiger partial charge in [-0.25, -0.2) is 9.97 Å². The van der Waals surface area contributed by atoms with E-state index in [1.165, 1.54) is 0 Å². The van der Waals surface area contributed by atoms with Gasteiger partial charge in [-0.05, 0) is 36.8 Å². The number of hydrogen-bond acceptors (Lipinski definition) is 5. The van der Waals surface area contributed by atoms with E-state index in [1.807, 2.05) is 12.1 Å². The Kier molecular flexibility index (Phi) is 4.25. The molecule has 1 aliphatic heterocycles. The fraction of sp³-hybridized carbons (Fsp3) is 0.312. The molecule has 2 aromatic rings. The Labute approximate surface area is 136 Å². The summed E-state index contributed by atoms with van der Waals surface area (Å²) in [4.78, 5) is 9.49. The van der Waals surface area contributed by atoms with Crippen LogP contribution < -0.4 is 10.2 Å². The van der Waals surface area contributed by atoms with Gasteiger partial charge in [0.15, 0.2) is 0 Å². The van der Waals surface area contributed by atoms with Crippen molar-refractivity contribution in [3.8, 4) is 6.07 Å². The number of anilines is 2. The summed E-state index contributed by atoms with van der Waals surface area (Å²) in [6.45, 7) is 1.40. The van der Waals surface area contributed by atoms with Crippen molar-refractivity contribution in [3.05, 3.63) is 47.8 Å². The van der Waals surface area contributed by atoms with E-state index in [4.69, 9.17) is 5.26 Å². The Morgan fingerprint density at radius 1 is 1.21 bits per heavy atom. The first kappa shape index (κ1) is 16.1. The van der Waals surface area contributed by atoms with Gasteiger partial charge in [0.2, 0.25) is 5.95 Å². The van der Waals surface area contributed by atoms with Gasteiger partial charge in [0.05, 0.1) is 11.6 Å². The van der Waals surface area contributed by atoms with E-state index in [1.54, 1.807) is 12.1 Å². The first-order valence-corrected chi connectivity index (χ1v) is 7.37. The SMILES string of the molecule is N#Cc1ccc(N2CCC(Nc3nccc(C(F)(F)F)n3)C2)cc1. The van der Waals surface area contributed by atoms with E-state index in [2.05, 4.69) is 26.3 Å². The number of halogens is 3. The van der Waals surface area contributed by atoms with E-state index in [-0.39, 0.29) is 12.0 Å². The topological polar surface area (TPSA) is 64.8 Å². The summed E-state index contributed by atoms with van der Waals surface area (Å²) >= 11 is 0. The van der Waals surface area contributed by atoms with Crippen molar-refractivity contribution in [2.24, 2.45) is 0 Å². The summed E-state index contributed by atoms with van der Waals surface area (Å²) in [6, 6.07) is 10.1. The first-order valence-electron chi connectivity index (χ1n) is 7.37. The second-order valence-electron chi connectivity index (χ2n) is 5.50. The Bertz CT molecular complexity index is 752. The predicted molar refractivity (Wildman–Crippen MR) is 82.4 cm³/mol. The minimum atomic E-state index is -4.48. The van der Waals surface area contributed by atoms with Crippen LogP contribution in [0.3, 0.4) is 0 Å². The lowest BCUT2D eigenvalue weighted by Crippen LogP contribution is -2.27. The van der Waals surface area contributed by atoms with E-state index < -0.39 is 11.9 Å². The minimum Gasteiger partial charge on any atom is -0.369 e. The average Bonchev–Trinajstić information content (AvgIpc) is 3.03. The third-order valence-corrected chi connectivity index (χ3v) is 3.83. The van der Waals surface area contributed by atoms with Crippen LogP contribution >= 0.6 is 0 Å². The molecule has 1 N–H and O–H groups in total. The smallest absolute Gasteiger partial charge is 0.369 e. The van der Waals surface area contributed by atoms with Gasteiger partial charge in [0.1, 0.15) is 5.69 Å². The Morgan fingerprint density at radius 3 is 2.62 bits per heavy atom. The van der Waals surface area contributed by atoms with Gasteiger partial charge in [0.25, 0.3) is 0 Å². The zero-order chi connectivity index (χ0) is 17.2. The molecule has 0 bridgehead atoms. The molecule has 5 nitrogen and oxygen atoms in total. The maximum absolute atomic E-state index is 12.7. The quantitative estimate of drug-likeness (QED) is 0.935. The lowest BCUT2D eigenvalue weighted by Gasteiger charge is -2.19. The molecule has 0 amide bonds. The van der Waals surface area contributed by atoms with Crippen LogP contribution in [0.15, 0.2) is 36.5 Å². The van der Waals surface area contributed by atoms with E-state index >= 15 is 0 Å². The molecular weight excluding hydrogens is 319 g/mol. The van der Waals surface area contributed by atoms with Crippen LogP contribution in [0.25, 0.3) is 0 Å². The first-order chi connectivity index (χ1) is 11.5. The second kappa shape index (κ2) is 6.35. The molecule has 1 fully saturated rings. The number of rotatable bonds is 3. The van der Waals surface area contributed by atoms with E-state index in [9.17, 15) is 13.2 Å². The van der Waals surface area contributed by atoms with Crippen LogP contribution in [-0.4, -0.2) is 29.1 Å². The number of nitriles is 1. The van der Waals surface area contributed by atoms with Crippen molar-refractivity contribution in [1.82, 2.24) is 9.97 Å². The molecule has 1 saturated heterocycles. The van der Waals surface area contributed by atoms with Crippen molar-refractivity contribution in [1.29, 1.82) is 5.26 Å². The van der Waals surface area contributed by atoms with Crippen molar-refractivity contribution in [2.75, 3.05) is 23.3 Å². The molecule has 0 saturated carbocycles. The van der Waals surface area contributed by atoms with Gasteiger partial charge in [-0.2, -0.15) is 18.4 Å². The van der Waals surface area contributed by atoms with Gasteiger partial charge in [-0.1, -0.05) is 0 Å². The zero-order valence-electron chi connectivity index (χ0n) is 12.6. The monoisotopic (exact) mass is 333 g/mol. The summed E-state index contributed by atoms with van der Waals surface area (Å²) in [7, 11) is 0. The maximum atomic E-state index is 12.7. The molecule has 24 heavy (non-hydrogen) atoms. The standard InChI is InChI=1S/C16H14F3N5/c17-16(18,19)14-5-7-21-15(23-14)22-12-6-8-24(10-12)13-3-1-11(9-20)2-4-13/h1-5,7,12H,6,8,10H2,(H,21,22,23). The third-order valence-electron chi connectivity index (χ3n) is 3.83. The molecule has 1 aromatic heterocycles. The zero-order valence-corrected chi connectivity index (χ0v) is 12.6. The molecule has 0 aliphatic carbocycles. The molecule has 1 aromatic carbocycles. The third kappa shape index (κ3) is 3.56. The molecule has 124 valence electrons. The van der Waals surface area contributed by atoms with Crippen LogP contribution in [0.2, 0.25) is 0 Å². The van der Waals surface area contributed by atoms with Crippen molar-refractivity contribution in [3.63, 3.8) is 0 Å². The molecule has 3 rings (SSSR count). The van der Waals surface area contributed by atoms with Crippen LogP contribution in [0.5, 0.6) is 0 Å². The van der Waals surface area contributed by atoms with Crippen molar-refractivity contribution in [2.45, 2.75) is 18.6 Å². The van der Waals surface area contributed by atoms with E-state index in [0.717, 1.165) is 30.9 Å². The highest BCUT2D eigenvalue weighted by Crippen LogP contribution is 2.28. The lowest BCUT2D eigenvalue weighted by atomic mass is 10.2. The number of aromatic nitrogens is 2. The van der Waals surface area contributed by atoms with Gasteiger partial charge < -0.3 is 10.2 Å². The molecule has 2 heterocycles. The largest absolute Gasteiger partial charge is 0.433 e. The van der Waals surface area contributed by atoms with E-state index in [0.29, 0.717) is 12.1 Å². The minimum absolute atomic E-state index is 0.0171. The highest BCUT2D eigenvalue weighted by Gasteiger charge is 2.33. The predicted octanol–water partition coefficient (Wildman–Crippen LogP) is 3.06. The summed E-state index contributed by atoms with van der Waals surface area (Å²) in [5, 5.41) is 11.8. The average molecular weight is 333 g/mol. The lowest BCUT2D eigenvalue weighted by molar-refractivity contribution is -0.141. The van der Waals surface area contributed by atoms with Gasteiger partial charge in [0, 0.05) is 31.0 Å².